The minimum atomic E-state index is 0.571. The van der Waals surface area contributed by atoms with Crippen molar-refractivity contribution in [2.75, 3.05) is 0 Å². The fourth-order valence-corrected chi connectivity index (χ4v) is 3.31. The smallest absolute Gasteiger partial charge is 0.211 e. The largest absolute Gasteiger partial charge is 0.262 e. The number of hydrogen-bond acceptors (Lipinski definition) is 4. The van der Waals surface area contributed by atoms with Crippen molar-refractivity contribution in [3.63, 3.8) is 0 Å². The van der Waals surface area contributed by atoms with Gasteiger partial charge in [0, 0.05) is 23.4 Å². The van der Waals surface area contributed by atoms with E-state index in [2.05, 4.69) is 56.3 Å². The van der Waals surface area contributed by atoms with Gasteiger partial charge < -0.3 is 0 Å². The molecule has 1 aromatic carbocycles. The average molecular weight is 365 g/mol. The fourth-order valence-electron chi connectivity index (χ4n) is 2.46. The lowest BCUT2D eigenvalue weighted by atomic mass is 10.1. The second-order valence-electron chi connectivity index (χ2n) is 6.76. The van der Waals surface area contributed by atoms with E-state index in [4.69, 9.17) is 10.1 Å². The third kappa shape index (κ3) is 4.35. The van der Waals surface area contributed by atoms with Crippen LogP contribution in [0.1, 0.15) is 31.4 Å². The number of rotatable bonds is 5. The molecule has 134 valence electrons. The Labute approximate surface area is 158 Å². The number of aryl methyl sites for hydroxylation is 2. The predicted molar refractivity (Wildman–Crippen MR) is 110 cm³/mol. The zero-order valence-electron chi connectivity index (χ0n) is 15.7. The predicted octanol–water partition coefficient (Wildman–Crippen LogP) is 5.34. The van der Waals surface area contributed by atoms with Gasteiger partial charge in [0.15, 0.2) is 0 Å². The molecular formula is C21H24N4S. The molecule has 0 aliphatic rings. The van der Waals surface area contributed by atoms with Gasteiger partial charge in [0.2, 0.25) is 4.80 Å². The minimum Gasteiger partial charge on any atom is -0.262 e. The van der Waals surface area contributed by atoms with Crippen molar-refractivity contribution >= 4 is 23.2 Å². The Kier molecular flexibility index (Phi) is 5.78. The van der Waals surface area contributed by atoms with Gasteiger partial charge in [-0.2, -0.15) is 5.10 Å². The molecule has 0 fully saturated rings. The van der Waals surface area contributed by atoms with Crippen LogP contribution in [0.25, 0.3) is 11.3 Å². The highest BCUT2D eigenvalue weighted by atomic mass is 32.1. The van der Waals surface area contributed by atoms with E-state index < -0.39 is 0 Å². The van der Waals surface area contributed by atoms with Gasteiger partial charge in [0.1, 0.15) is 0 Å². The van der Waals surface area contributed by atoms with E-state index in [-0.39, 0.29) is 0 Å². The highest BCUT2D eigenvalue weighted by molar-refractivity contribution is 7.07. The topological polar surface area (TPSA) is 42.5 Å². The summed E-state index contributed by atoms with van der Waals surface area (Å²) in [5, 5.41) is 6.84. The molecule has 3 aromatic rings. The van der Waals surface area contributed by atoms with Crippen LogP contribution in [-0.4, -0.2) is 15.9 Å². The molecule has 0 bridgehead atoms. The lowest BCUT2D eigenvalue weighted by Crippen LogP contribution is -2.11. The van der Waals surface area contributed by atoms with Gasteiger partial charge in [-0.05, 0) is 55.5 Å². The summed E-state index contributed by atoms with van der Waals surface area (Å²) in [6.07, 6.45) is 6.42. The highest BCUT2D eigenvalue weighted by Gasteiger charge is 2.09. The second-order valence-corrected chi connectivity index (χ2v) is 7.60. The minimum absolute atomic E-state index is 0.571. The summed E-state index contributed by atoms with van der Waals surface area (Å²) in [5.41, 5.74) is 5.60. The van der Waals surface area contributed by atoms with Gasteiger partial charge in [-0.25, -0.2) is 9.67 Å². The van der Waals surface area contributed by atoms with Crippen molar-refractivity contribution in [3.8, 4) is 11.3 Å². The van der Waals surface area contributed by atoms with Gasteiger partial charge in [0.25, 0.3) is 0 Å². The molecule has 0 unspecified atom stereocenters. The Bertz CT molecular complexity index is 965. The summed E-state index contributed by atoms with van der Waals surface area (Å²) in [6.45, 7) is 8.65. The number of aromatic nitrogens is 2. The highest BCUT2D eigenvalue weighted by Crippen LogP contribution is 2.23. The van der Waals surface area contributed by atoms with Gasteiger partial charge in [-0.3, -0.25) is 4.98 Å². The Morgan fingerprint density at radius 2 is 2.04 bits per heavy atom. The third-order valence-electron chi connectivity index (χ3n) is 4.13. The van der Waals surface area contributed by atoms with Crippen molar-refractivity contribution in [1.29, 1.82) is 0 Å². The van der Waals surface area contributed by atoms with Crippen molar-refractivity contribution < 1.29 is 0 Å². The molecule has 26 heavy (non-hydrogen) atoms. The maximum atomic E-state index is 4.73. The Morgan fingerprint density at radius 3 is 2.73 bits per heavy atom. The first-order chi connectivity index (χ1) is 12.5. The fraction of sp³-hybridized carbons (Fsp3) is 0.286. The summed E-state index contributed by atoms with van der Waals surface area (Å²) in [6, 6.07) is 10.3. The van der Waals surface area contributed by atoms with Crippen molar-refractivity contribution in [2.45, 2.75) is 34.1 Å². The summed E-state index contributed by atoms with van der Waals surface area (Å²) in [4.78, 5) is 9.71. The average Bonchev–Trinajstić information content (AvgIpc) is 3.01. The summed E-state index contributed by atoms with van der Waals surface area (Å²) < 4.78 is 1.93. The Hall–Kier alpha value is -2.53. The molecule has 3 rings (SSSR count). The van der Waals surface area contributed by atoms with Crippen LogP contribution in [0.3, 0.4) is 0 Å². The normalized spacial score (nSPS) is 12.4. The van der Waals surface area contributed by atoms with Crippen LogP contribution < -0.4 is 4.80 Å². The summed E-state index contributed by atoms with van der Waals surface area (Å²) >= 11 is 1.59. The number of hydrogen-bond donors (Lipinski definition) is 0. The SMILES string of the molecule is Cc1ccc(-c2csc(=Nc3cccnc3)n2N=CCC(C)C)cc1C. The molecule has 0 amide bonds. The monoisotopic (exact) mass is 364 g/mol. The van der Waals surface area contributed by atoms with Crippen molar-refractivity contribution in [1.82, 2.24) is 9.66 Å². The molecule has 0 atom stereocenters. The van der Waals surface area contributed by atoms with E-state index in [0.29, 0.717) is 5.92 Å². The van der Waals surface area contributed by atoms with Crippen LogP contribution in [0.2, 0.25) is 0 Å². The Balaban J connectivity index is 2.11. The van der Waals surface area contributed by atoms with E-state index in [1.807, 2.05) is 23.0 Å². The zero-order chi connectivity index (χ0) is 18.5. The lowest BCUT2D eigenvalue weighted by Gasteiger charge is -2.07. The zero-order valence-corrected chi connectivity index (χ0v) is 16.5. The maximum Gasteiger partial charge on any atom is 0.211 e. The van der Waals surface area contributed by atoms with Crippen LogP contribution in [0, 0.1) is 19.8 Å². The second kappa shape index (κ2) is 8.23. The van der Waals surface area contributed by atoms with E-state index in [1.54, 1.807) is 23.7 Å². The molecule has 2 heterocycles. The summed E-state index contributed by atoms with van der Waals surface area (Å²) in [7, 11) is 0. The van der Waals surface area contributed by atoms with Crippen LogP contribution >= 0.6 is 11.3 Å². The lowest BCUT2D eigenvalue weighted by molar-refractivity contribution is 0.685. The molecule has 0 aliphatic heterocycles. The van der Waals surface area contributed by atoms with Gasteiger partial charge >= 0.3 is 0 Å². The standard InChI is InChI=1S/C21H24N4S/c1-15(2)9-11-23-25-20(18-8-7-16(3)17(4)12-18)14-26-21(25)24-19-6-5-10-22-13-19/h5-8,10-15H,9H2,1-4H3. The quantitative estimate of drug-likeness (QED) is 0.563. The molecule has 2 aromatic heterocycles. The van der Waals surface area contributed by atoms with Crippen LogP contribution in [0.5, 0.6) is 0 Å². The Morgan fingerprint density at radius 1 is 1.19 bits per heavy atom. The first-order valence-corrected chi connectivity index (χ1v) is 9.68. The molecule has 0 spiro atoms. The van der Waals surface area contributed by atoms with Gasteiger partial charge in [0.05, 0.1) is 17.6 Å². The number of pyridine rings is 1. The van der Waals surface area contributed by atoms with E-state index in [9.17, 15) is 0 Å². The van der Waals surface area contributed by atoms with Crippen LogP contribution in [0.4, 0.5) is 5.69 Å². The summed E-state index contributed by atoms with van der Waals surface area (Å²) in [5.74, 6) is 0.571. The van der Waals surface area contributed by atoms with Gasteiger partial charge in [-0.1, -0.05) is 26.0 Å². The van der Waals surface area contributed by atoms with Gasteiger partial charge in [-0.15, -0.1) is 11.3 Å². The molecule has 5 heteroatoms. The molecule has 0 saturated heterocycles. The first kappa shape index (κ1) is 18.3. The number of nitrogens with zero attached hydrogens (tertiary/aromatic N) is 4. The maximum absolute atomic E-state index is 4.73. The van der Waals surface area contributed by atoms with Crippen LogP contribution in [0.15, 0.2) is 58.2 Å². The van der Waals surface area contributed by atoms with E-state index >= 15 is 0 Å². The van der Waals surface area contributed by atoms with E-state index in [1.165, 1.54) is 11.1 Å². The molecule has 0 N–H and O–H groups in total. The molecule has 4 nitrogen and oxygen atoms in total. The van der Waals surface area contributed by atoms with E-state index in [0.717, 1.165) is 28.2 Å². The van der Waals surface area contributed by atoms with Crippen molar-refractivity contribution in [3.05, 3.63) is 64.0 Å². The first-order valence-electron chi connectivity index (χ1n) is 8.80. The molecule has 0 aliphatic carbocycles. The number of thiazole rings is 1. The molecule has 0 radical (unpaired) electrons. The molecule has 0 saturated carbocycles. The van der Waals surface area contributed by atoms with Crippen LogP contribution in [-0.2, 0) is 0 Å². The third-order valence-corrected chi connectivity index (χ3v) is 4.95. The molecular weight excluding hydrogens is 340 g/mol. The van der Waals surface area contributed by atoms with Crippen molar-refractivity contribution in [2.24, 2.45) is 16.0 Å². The number of benzene rings is 1.